The van der Waals surface area contributed by atoms with Crippen LogP contribution in [0.4, 0.5) is 0 Å². The van der Waals surface area contributed by atoms with Crippen LogP contribution in [-0.4, -0.2) is 241 Å². The molecule has 0 radical (unpaired) electrons. The Morgan fingerprint density at radius 1 is 0.611 bits per heavy atom. The van der Waals surface area contributed by atoms with Gasteiger partial charge in [0.1, 0.15) is 12.2 Å². The van der Waals surface area contributed by atoms with Gasteiger partial charge in [0.2, 0.25) is 0 Å². The van der Waals surface area contributed by atoms with E-state index in [0.717, 1.165) is 12.8 Å². The lowest BCUT2D eigenvalue weighted by Crippen LogP contribution is -2.64. The number of carbonyl (C=O) groups excluding carboxylic acids is 1. The first-order chi connectivity index (χ1) is 44.4. The van der Waals surface area contributed by atoms with E-state index in [1.165, 1.54) is 12.2 Å². The Morgan fingerprint density at radius 3 is 1.86 bits per heavy atom. The van der Waals surface area contributed by atoms with Gasteiger partial charge in [0.15, 0.2) is 12.1 Å². The monoisotopic (exact) mass is 1360 g/mol. The predicted molar refractivity (Wildman–Crippen MR) is 364 cm³/mol. The summed E-state index contributed by atoms with van der Waals surface area (Å²) in [5.74, 6) is -5.81. The largest absolute Gasteiger partial charge is 0.458 e. The van der Waals surface area contributed by atoms with Gasteiger partial charge in [-0.05, 0) is 160 Å². The summed E-state index contributed by atoms with van der Waals surface area (Å²) < 4.78 is 24.6. The van der Waals surface area contributed by atoms with E-state index < -0.39 is 170 Å². The molecule has 0 aromatic rings. The van der Waals surface area contributed by atoms with Crippen molar-refractivity contribution in [3.05, 3.63) is 47.6 Å². The highest BCUT2D eigenvalue weighted by molar-refractivity contribution is 5.71. The maximum atomic E-state index is 13.8. The third kappa shape index (κ3) is 29.6. The first-order valence-electron chi connectivity index (χ1n) is 35.8. The number of allylic oxidation sites excluding steroid dienone is 2. The molecule has 0 aromatic heterocycles. The van der Waals surface area contributed by atoms with Crippen LogP contribution in [0.2, 0.25) is 0 Å². The summed E-state index contributed by atoms with van der Waals surface area (Å²) in [5, 5.41) is 180. The van der Waals surface area contributed by atoms with E-state index in [1.807, 2.05) is 20.8 Å². The quantitative estimate of drug-likeness (QED) is 0.112. The van der Waals surface area contributed by atoms with Gasteiger partial charge in [-0.3, -0.25) is 4.79 Å². The smallest absolute Gasteiger partial charge is 0.311 e. The minimum absolute atomic E-state index is 0.00505. The fourth-order valence-electron chi connectivity index (χ4n) is 13.6. The highest BCUT2D eigenvalue weighted by Gasteiger charge is 2.53. The van der Waals surface area contributed by atoms with Crippen LogP contribution < -0.4 is 0 Å². The average Bonchev–Trinajstić information content (AvgIpc) is 0.771. The molecule has 22 heteroatoms. The van der Waals surface area contributed by atoms with E-state index in [2.05, 4.69) is 13.8 Å². The standard InChI is InChI=1S/C73H133NO21/c1-41(2)20-17-23-52-34-45(6)63(85)37-54(76)25-19-27-59(81)48(9)58(80)26-16-15-21-44(5)68(87)49(10)64-39-65(94-72-71(90)67(74(13)14)69(88)51(12)93-72)50(11)73(91,95-64)40-66(86)92-46(7)29-30-55(77)35-53(75)24-18-22-42(3)47(8)60(82)32-28-43(4)62(84)38-57(79)36-56(78)31-33-61(83)70(52)89/h15-16,21,29-30,34,41-43,46-65,67-72,75-85,87-91H,17-20,22-28,31-33,35-40H2,1-14H3. The summed E-state index contributed by atoms with van der Waals surface area (Å²) >= 11 is 0. The van der Waals surface area contributed by atoms with Crippen molar-refractivity contribution >= 4 is 5.97 Å². The predicted octanol–water partition coefficient (Wildman–Crippen LogP) is 5.39. The van der Waals surface area contributed by atoms with Gasteiger partial charge in [0, 0.05) is 42.9 Å². The second-order valence-electron chi connectivity index (χ2n) is 30.0. The molecule has 556 valence electrons. The molecule has 0 saturated carbocycles. The van der Waals surface area contributed by atoms with E-state index in [-0.39, 0.29) is 82.0 Å². The number of aliphatic hydroxyl groups is 16. The first kappa shape index (κ1) is 86.8. The number of carbonyl (C=O) groups is 1. The highest BCUT2D eigenvalue weighted by Crippen LogP contribution is 2.42. The topological polar surface area (TPSA) is 381 Å². The number of hydrogen-bond donors (Lipinski definition) is 16. The number of likely N-dealkylation sites (N-methyl/N-ethyl adjacent to an activating group) is 1. The number of rotatable bonds is 7. The van der Waals surface area contributed by atoms with Crippen LogP contribution in [0, 0.1) is 47.3 Å². The molecule has 0 aliphatic carbocycles. The van der Waals surface area contributed by atoms with Crippen molar-refractivity contribution in [2.24, 2.45) is 47.3 Å². The fraction of sp³-hybridized carbons (Fsp3) is 0.877. The second-order valence-corrected chi connectivity index (χ2v) is 30.0. The lowest BCUT2D eigenvalue weighted by atomic mass is 9.80. The molecule has 3 rings (SSSR count). The Morgan fingerprint density at radius 2 is 1.22 bits per heavy atom. The van der Waals surface area contributed by atoms with Gasteiger partial charge in [0.25, 0.3) is 0 Å². The minimum atomic E-state index is -2.24. The summed E-state index contributed by atoms with van der Waals surface area (Å²) in [6, 6.07) is -0.772. The first-order valence-corrected chi connectivity index (χ1v) is 35.8. The Labute approximate surface area is 568 Å². The third-order valence-electron chi connectivity index (χ3n) is 21.1. The second kappa shape index (κ2) is 42.8. The van der Waals surface area contributed by atoms with Crippen molar-refractivity contribution in [2.45, 2.75) is 346 Å². The molecule has 2 fully saturated rings. The lowest BCUT2D eigenvalue weighted by Gasteiger charge is -2.50. The van der Waals surface area contributed by atoms with Crippen LogP contribution in [-0.2, 0) is 23.7 Å². The zero-order chi connectivity index (χ0) is 71.8. The Kier molecular flexibility index (Phi) is 39.1. The van der Waals surface area contributed by atoms with Crippen LogP contribution in [0.3, 0.4) is 0 Å². The molecule has 29 unspecified atom stereocenters. The van der Waals surface area contributed by atoms with Crippen LogP contribution in [0.15, 0.2) is 47.6 Å². The van der Waals surface area contributed by atoms with E-state index in [1.54, 1.807) is 91.8 Å². The maximum absolute atomic E-state index is 13.8. The zero-order valence-electron chi connectivity index (χ0n) is 60.0. The number of cyclic esters (lactones) is 1. The van der Waals surface area contributed by atoms with Crippen LogP contribution in [0.25, 0.3) is 0 Å². The molecule has 0 spiro atoms. The Bertz CT molecular complexity index is 2260. The van der Waals surface area contributed by atoms with Gasteiger partial charge in [-0.15, -0.1) is 0 Å². The number of fused-ring (bicyclic) bond motifs is 2. The van der Waals surface area contributed by atoms with E-state index in [9.17, 15) is 86.5 Å². The number of ether oxygens (including phenoxy) is 4. The molecule has 0 amide bonds. The molecule has 22 nitrogen and oxygen atoms in total. The fourth-order valence-corrected chi connectivity index (χ4v) is 13.6. The molecule has 29 atom stereocenters. The van der Waals surface area contributed by atoms with Gasteiger partial charge < -0.3 is 106 Å². The SMILES string of the molecule is CC1=CC(CCCC(C)C)C(O)C(O)CCC(O)CC(O)CC(O)C(C)CCC(O)C(C)C(C)CCCC(O)CC(O)C=CC(C)OC(=O)CC2(O)OC(CC(OC3OC(C)C(O)C(N(C)C)C3O)C2C)C(C)C(O)C(C)=CC=CCC(O)C(C)C(O)CCCC(O)CC1O. The van der Waals surface area contributed by atoms with Crippen molar-refractivity contribution in [1.29, 1.82) is 0 Å². The van der Waals surface area contributed by atoms with Crippen LogP contribution >= 0.6 is 0 Å². The molecule has 0 aromatic carbocycles. The zero-order valence-corrected chi connectivity index (χ0v) is 60.0. The molecule has 2 bridgehead atoms. The number of nitrogens with zero attached hydrogens (tertiary/aromatic N) is 1. The minimum Gasteiger partial charge on any atom is -0.458 e. The third-order valence-corrected chi connectivity index (χ3v) is 21.1. The number of hydrogen-bond acceptors (Lipinski definition) is 22. The number of esters is 1. The summed E-state index contributed by atoms with van der Waals surface area (Å²) in [6.45, 7) is 21.7. The van der Waals surface area contributed by atoms with E-state index in [4.69, 9.17) is 18.9 Å². The van der Waals surface area contributed by atoms with E-state index >= 15 is 0 Å². The maximum Gasteiger partial charge on any atom is 0.311 e. The van der Waals surface area contributed by atoms with Crippen molar-refractivity contribution < 1.29 is 105 Å². The summed E-state index contributed by atoms with van der Waals surface area (Å²) in [6.07, 6.45) is -5.42. The molecule has 3 aliphatic rings. The van der Waals surface area contributed by atoms with Gasteiger partial charge >= 0.3 is 5.97 Å². The normalized spacial score (nSPS) is 43.0. The van der Waals surface area contributed by atoms with Crippen molar-refractivity contribution in [3.63, 3.8) is 0 Å². The Balaban J connectivity index is 1.86. The van der Waals surface area contributed by atoms with Gasteiger partial charge in [-0.2, -0.15) is 0 Å². The van der Waals surface area contributed by atoms with E-state index in [0.29, 0.717) is 62.0 Å². The molecule has 2 saturated heterocycles. The summed E-state index contributed by atoms with van der Waals surface area (Å²) in [4.78, 5) is 15.4. The number of aliphatic hydroxyl groups excluding tert-OH is 15. The van der Waals surface area contributed by atoms with Crippen LogP contribution in [0.1, 0.15) is 212 Å². The lowest BCUT2D eigenvalue weighted by molar-refractivity contribution is -0.351. The molecule has 3 heterocycles. The molecule has 16 N–H and O–H groups in total. The molecular formula is C73H133NO21. The molecule has 95 heavy (non-hydrogen) atoms. The summed E-state index contributed by atoms with van der Waals surface area (Å²) in [5.41, 5.74) is 1.02. The van der Waals surface area contributed by atoms with Gasteiger partial charge in [0.05, 0.1) is 116 Å². The van der Waals surface area contributed by atoms with Crippen molar-refractivity contribution in [3.8, 4) is 0 Å². The molecular weight excluding hydrogens is 1230 g/mol. The summed E-state index contributed by atoms with van der Waals surface area (Å²) in [7, 11) is 3.42. The van der Waals surface area contributed by atoms with Crippen molar-refractivity contribution in [1.82, 2.24) is 4.90 Å². The highest BCUT2D eigenvalue weighted by atomic mass is 16.7. The van der Waals surface area contributed by atoms with Gasteiger partial charge in [-0.1, -0.05) is 111 Å². The van der Waals surface area contributed by atoms with Gasteiger partial charge in [-0.25, -0.2) is 0 Å². The Hall–Kier alpha value is -2.37. The van der Waals surface area contributed by atoms with Crippen molar-refractivity contribution in [2.75, 3.05) is 14.1 Å². The van der Waals surface area contributed by atoms with Crippen LogP contribution in [0.5, 0.6) is 0 Å². The molecule has 3 aliphatic heterocycles. The average molecular weight is 1360 g/mol.